The van der Waals surface area contributed by atoms with Crippen molar-refractivity contribution in [2.24, 2.45) is 0 Å². The summed E-state index contributed by atoms with van der Waals surface area (Å²) in [7, 11) is -1.93. The van der Waals surface area contributed by atoms with Gasteiger partial charge in [0.25, 0.3) is 0 Å². The molecule has 0 spiro atoms. The number of nitrogens with one attached hydrogen (secondary N) is 1. The number of benzene rings is 1. The van der Waals surface area contributed by atoms with Crippen LogP contribution < -0.4 is 10.2 Å². The summed E-state index contributed by atoms with van der Waals surface area (Å²) in [5.41, 5.74) is 2.55. The number of para-hydroxylation sites is 1. The summed E-state index contributed by atoms with van der Waals surface area (Å²) in [5.74, 6) is -0.284. The molecule has 1 amide bonds. The molecule has 122 valence electrons. The maximum atomic E-state index is 11.8. The van der Waals surface area contributed by atoms with Gasteiger partial charge in [0, 0.05) is 31.9 Å². The first-order valence-corrected chi connectivity index (χ1v) is 9.16. The van der Waals surface area contributed by atoms with Crippen molar-refractivity contribution in [3.8, 4) is 0 Å². The number of rotatable bonds is 6. The summed E-state index contributed by atoms with van der Waals surface area (Å²) in [5, 5.41) is 2.78. The Morgan fingerprint density at radius 2 is 2.09 bits per heavy atom. The molecular weight excluding hydrogens is 302 g/mol. The largest absolute Gasteiger partial charge is 0.367 e. The van der Waals surface area contributed by atoms with Gasteiger partial charge in [0.05, 0.1) is 12.8 Å². The molecule has 1 unspecified atom stereocenters. The fourth-order valence-electron chi connectivity index (χ4n) is 2.66. The van der Waals surface area contributed by atoms with Crippen LogP contribution in [0.5, 0.6) is 0 Å². The Kier molecular flexibility index (Phi) is 5.08. The number of nitrogens with zero attached hydrogens (tertiary/aromatic N) is 2. The van der Waals surface area contributed by atoms with Crippen LogP contribution in [-0.2, 0) is 21.2 Å². The zero-order valence-electron chi connectivity index (χ0n) is 13.2. The molecule has 1 heterocycles. The topological polar surface area (TPSA) is 69.7 Å². The number of sulfonamides is 1. The van der Waals surface area contributed by atoms with E-state index in [1.165, 1.54) is 18.3 Å². The standard InChI is InChI=1S/C15H23N3O3S/c1-12-10-13-6-4-5-7-14(13)18(12)9-8-16-15(19)11-17(2)22(3,20)21/h4-7,12H,8-11H2,1-3H3,(H,16,19). The van der Waals surface area contributed by atoms with Gasteiger partial charge in [0.2, 0.25) is 15.9 Å². The molecule has 6 nitrogen and oxygen atoms in total. The zero-order chi connectivity index (χ0) is 16.3. The molecule has 0 radical (unpaired) electrons. The molecule has 1 aromatic carbocycles. The monoisotopic (exact) mass is 325 g/mol. The fourth-order valence-corrected chi connectivity index (χ4v) is 3.01. The first kappa shape index (κ1) is 16.8. The molecule has 1 N–H and O–H groups in total. The molecule has 1 aliphatic rings. The smallest absolute Gasteiger partial charge is 0.235 e. The van der Waals surface area contributed by atoms with E-state index < -0.39 is 10.0 Å². The molecule has 0 saturated carbocycles. The van der Waals surface area contributed by atoms with Crippen molar-refractivity contribution < 1.29 is 13.2 Å². The Balaban J connectivity index is 1.83. The van der Waals surface area contributed by atoms with Gasteiger partial charge in [-0.05, 0) is 25.0 Å². The van der Waals surface area contributed by atoms with Gasteiger partial charge in [-0.3, -0.25) is 4.79 Å². The van der Waals surface area contributed by atoms with Crippen LogP contribution in [0.1, 0.15) is 12.5 Å². The molecule has 1 aromatic rings. The van der Waals surface area contributed by atoms with E-state index in [-0.39, 0.29) is 12.5 Å². The highest BCUT2D eigenvalue weighted by molar-refractivity contribution is 7.88. The highest BCUT2D eigenvalue weighted by Crippen LogP contribution is 2.31. The Morgan fingerprint density at radius 3 is 2.77 bits per heavy atom. The number of hydrogen-bond donors (Lipinski definition) is 1. The van der Waals surface area contributed by atoms with Crippen molar-refractivity contribution in [1.29, 1.82) is 0 Å². The lowest BCUT2D eigenvalue weighted by atomic mass is 10.1. The minimum absolute atomic E-state index is 0.148. The molecule has 2 rings (SSSR count). The molecule has 0 fully saturated rings. The summed E-state index contributed by atoms with van der Waals surface area (Å²) in [4.78, 5) is 14.0. The lowest BCUT2D eigenvalue weighted by Crippen LogP contribution is -2.42. The van der Waals surface area contributed by atoms with E-state index in [4.69, 9.17) is 0 Å². The highest BCUT2D eigenvalue weighted by Gasteiger charge is 2.25. The van der Waals surface area contributed by atoms with Gasteiger partial charge in [-0.2, -0.15) is 4.31 Å². The van der Waals surface area contributed by atoms with Gasteiger partial charge in [-0.1, -0.05) is 18.2 Å². The molecule has 1 atom stereocenters. The third-order valence-electron chi connectivity index (χ3n) is 3.96. The van der Waals surface area contributed by atoms with Crippen molar-refractivity contribution >= 4 is 21.6 Å². The van der Waals surface area contributed by atoms with Crippen LogP contribution in [0.3, 0.4) is 0 Å². The molecule has 7 heteroatoms. The second kappa shape index (κ2) is 6.66. The number of amides is 1. The molecule has 1 aliphatic heterocycles. The van der Waals surface area contributed by atoms with Gasteiger partial charge < -0.3 is 10.2 Å². The van der Waals surface area contributed by atoms with E-state index in [1.807, 2.05) is 12.1 Å². The summed E-state index contributed by atoms with van der Waals surface area (Å²) < 4.78 is 23.6. The highest BCUT2D eigenvalue weighted by atomic mass is 32.2. The van der Waals surface area contributed by atoms with E-state index in [1.54, 1.807) is 0 Å². The molecule has 0 aromatic heterocycles. The summed E-state index contributed by atoms with van der Waals surface area (Å²) >= 11 is 0. The number of carbonyl (C=O) groups excluding carboxylic acids is 1. The molecule has 0 aliphatic carbocycles. The van der Waals surface area contributed by atoms with E-state index in [9.17, 15) is 13.2 Å². The molecular formula is C15H23N3O3S. The molecule has 22 heavy (non-hydrogen) atoms. The van der Waals surface area contributed by atoms with Gasteiger partial charge in [0.15, 0.2) is 0 Å². The Morgan fingerprint density at radius 1 is 1.41 bits per heavy atom. The maximum Gasteiger partial charge on any atom is 0.235 e. The lowest BCUT2D eigenvalue weighted by Gasteiger charge is -2.25. The Bertz CT molecular complexity index is 645. The Labute approximate surface area is 132 Å². The van der Waals surface area contributed by atoms with Crippen molar-refractivity contribution in [1.82, 2.24) is 9.62 Å². The first-order valence-electron chi connectivity index (χ1n) is 7.31. The van der Waals surface area contributed by atoms with Crippen molar-refractivity contribution in [2.75, 3.05) is 37.8 Å². The maximum absolute atomic E-state index is 11.8. The van der Waals surface area contributed by atoms with Crippen molar-refractivity contribution in [2.45, 2.75) is 19.4 Å². The van der Waals surface area contributed by atoms with Gasteiger partial charge in [-0.15, -0.1) is 0 Å². The number of anilines is 1. The fraction of sp³-hybridized carbons (Fsp3) is 0.533. The van der Waals surface area contributed by atoms with Crippen molar-refractivity contribution in [3.63, 3.8) is 0 Å². The third kappa shape index (κ3) is 3.98. The van der Waals surface area contributed by atoms with Crippen LogP contribution >= 0.6 is 0 Å². The quantitative estimate of drug-likeness (QED) is 0.824. The predicted octanol–water partition coefficient (Wildman–Crippen LogP) is 0.445. The van der Waals surface area contributed by atoms with E-state index in [0.29, 0.717) is 19.1 Å². The van der Waals surface area contributed by atoms with Crippen LogP contribution in [0.2, 0.25) is 0 Å². The van der Waals surface area contributed by atoms with Crippen LogP contribution in [0, 0.1) is 0 Å². The molecule has 0 saturated heterocycles. The van der Waals surface area contributed by atoms with Crippen LogP contribution in [0.25, 0.3) is 0 Å². The SMILES string of the molecule is CC1Cc2ccccc2N1CCNC(=O)CN(C)S(C)(=O)=O. The molecule has 0 bridgehead atoms. The number of carbonyl (C=O) groups is 1. The Hall–Kier alpha value is -1.60. The minimum Gasteiger partial charge on any atom is -0.367 e. The zero-order valence-corrected chi connectivity index (χ0v) is 14.1. The average Bonchev–Trinajstić information content (AvgIpc) is 2.74. The average molecular weight is 325 g/mol. The van der Waals surface area contributed by atoms with Gasteiger partial charge >= 0.3 is 0 Å². The van der Waals surface area contributed by atoms with Crippen LogP contribution in [-0.4, -0.2) is 57.6 Å². The van der Waals surface area contributed by atoms with Gasteiger partial charge in [0.1, 0.15) is 0 Å². The van der Waals surface area contributed by atoms with Crippen LogP contribution in [0.4, 0.5) is 5.69 Å². The summed E-state index contributed by atoms with van der Waals surface area (Å²) in [6.07, 6.45) is 2.10. The minimum atomic E-state index is -3.33. The number of fused-ring (bicyclic) bond motifs is 1. The first-order chi connectivity index (χ1) is 10.3. The van der Waals surface area contributed by atoms with E-state index in [0.717, 1.165) is 17.0 Å². The third-order valence-corrected chi connectivity index (χ3v) is 5.22. The number of hydrogen-bond acceptors (Lipinski definition) is 4. The summed E-state index contributed by atoms with van der Waals surface area (Å²) in [6, 6.07) is 8.69. The second-order valence-corrected chi connectivity index (χ2v) is 7.83. The van der Waals surface area contributed by atoms with E-state index >= 15 is 0 Å². The van der Waals surface area contributed by atoms with E-state index in [2.05, 4.69) is 29.3 Å². The predicted molar refractivity (Wildman–Crippen MR) is 87.4 cm³/mol. The number of likely N-dealkylation sites (N-methyl/N-ethyl adjacent to an activating group) is 1. The van der Waals surface area contributed by atoms with Crippen LogP contribution in [0.15, 0.2) is 24.3 Å². The lowest BCUT2D eigenvalue weighted by molar-refractivity contribution is -0.121. The second-order valence-electron chi connectivity index (χ2n) is 5.74. The van der Waals surface area contributed by atoms with Crippen molar-refractivity contribution in [3.05, 3.63) is 29.8 Å². The summed E-state index contributed by atoms with van der Waals surface area (Å²) in [6.45, 7) is 3.23. The van der Waals surface area contributed by atoms with Gasteiger partial charge in [-0.25, -0.2) is 8.42 Å². The normalized spacial score (nSPS) is 17.6.